The van der Waals surface area contributed by atoms with Crippen LogP contribution in [0.3, 0.4) is 0 Å². The monoisotopic (exact) mass is 314 g/mol. The summed E-state index contributed by atoms with van der Waals surface area (Å²) in [4.78, 5) is 16.1. The van der Waals surface area contributed by atoms with Crippen LogP contribution in [0, 0.1) is 6.92 Å². The molecule has 23 heavy (non-hydrogen) atoms. The lowest BCUT2D eigenvalue weighted by molar-refractivity contribution is -0.116. The summed E-state index contributed by atoms with van der Waals surface area (Å²) in [5.41, 5.74) is 2.79. The number of aryl methyl sites for hydroxylation is 2. The number of anilines is 1. The van der Waals surface area contributed by atoms with Crippen LogP contribution >= 0.6 is 0 Å². The first-order valence-electron chi connectivity index (χ1n) is 7.56. The number of rotatable bonds is 7. The van der Waals surface area contributed by atoms with E-state index in [0.717, 1.165) is 29.8 Å². The van der Waals surface area contributed by atoms with Gasteiger partial charge >= 0.3 is 0 Å². The van der Waals surface area contributed by atoms with Crippen molar-refractivity contribution in [1.82, 2.24) is 4.98 Å². The minimum absolute atomic E-state index is 0.0103. The van der Waals surface area contributed by atoms with Gasteiger partial charge in [-0.25, -0.2) is 0 Å². The lowest BCUT2D eigenvalue weighted by Gasteiger charge is -2.09. The van der Waals surface area contributed by atoms with Gasteiger partial charge in [-0.2, -0.15) is 0 Å². The van der Waals surface area contributed by atoms with Crippen LogP contribution in [-0.2, 0) is 11.2 Å². The Morgan fingerprint density at radius 3 is 2.61 bits per heavy atom. The molecule has 1 heterocycles. The van der Waals surface area contributed by atoms with E-state index in [1.165, 1.54) is 0 Å². The van der Waals surface area contributed by atoms with Gasteiger partial charge in [0.1, 0.15) is 0 Å². The quantitative estimate of drug-likeness (QED) is 0.851. The molecule has 1 aromatic carbocycles. The Bertz CT molecular complexity index is 671. The summed E-state index contributed by atoms with van der Waals surface area (Å²) >= 11 is 0. The van der Waals surface area contributed by atoms with Crippen molar-refractivity contribution in [3.8, 4) is 11.5 Å². The van der Waals surface area contributed by atoms with Gasteiger partial charge in [-0.05, 0) is 49.6 Å². The molecule has 1 N–H and O–H groups in total. The maximum atomic E-state index is 12.0. The zero-order valence-electron chi connectivity index (χ0n) is 13.8. The average Bonchev–Trinajstić information content (AvgIpc) is 2.54. The normalized spacial score (nSPS) is 10.2. The largest absolute Gasteiger partial charge is 0.493 e. The Labute approximate surface area is 136 Å². The SMILES string of the molecule is COc1ccc(CCCC(=O)Nc2ccnc(C)c2)cc1OC. The van der Waals surface area contributed by atoms with Gasteiger partial charge in [-0.3, -0.25) is 9.78 Å². The fourth-order valence-electron chi connectivity index (χ4n) is 2.34. The molecule has 0 bridgehead atoms. The molecule has 0 unspecified atom stereocenters. The minimum atomic E-state index is 0.0103. The van der Waals surface area contributed by atoms with E-state index in [1.807, 2.05) is 31.2 Å². The van der Waals surface area contributed by atoms with Gasteiger partial charge in [0.05, 0.1) is 14.2 Å². The Hall–Kier alpha value is -2.56. The predicted molar refractivity (Wildman–Crippen MR) is 90.1 cm³/mol. The molecule has 5 heteroatoms. The van der Waals surface area contributed by atoms with E-state index in [4.69, 9.17) is 9.47 Å². The molecule has 0 spiro atoms. The lowest BCUT2D eigenvalue weighted by Crippen LogP contribution is -2.11. The molecule has 0 aliphatic rings. The van der Waals surface area contributed by atoms with Crippen LogP contribution in [0.25, 0.3) is 0 Å². The number of carbonyl (C=O) groups excluding carboxylic acids is 1. The first kappa shape index (κ1) is 16.8. The van der Waals surface area contributed by atoms with E-state index in [-0.39, 0.29) is 5.91 Å². The van der Waals surface area contributed by atoms with Gasteiger partial charge in [0, 0.05) is 24.0 Å². The van der Waals surface area contributed by atoms with E-state index in [1.54, 1.807) is 26.5 Å². The Morgan fingerprint density at radius 1 is 1.13 bits per heavy atom. The van der Waals surface area contributed by atoms with Gasteiger partial charge < -0.3 is 14.8 Å². The van der Waals surface area contributed by atoms with Gasteiger partial charge in [-0.1, -0.05) is 6.07 Å². The molecule has 2 aromatic rings. The molecule has 122 valence electrons. The van der Waals surface area contributed by atoms with Crippen molar-refractivity contribution in [3.63, 3.8) is 0 Å². The zero-order chi connectivity index (χ0) is 16.7. The highest BCUT2D eigenvalue weighted by Crippen LogP contribution is 2.28. The maximum Gasteiger partial charge on any atom is 0.224 e. The number of benzene rings is 1. The van der Waals surface area contributed by atoms with Crippen molar-refractivity contribution < 1.29 is 14.3 Å². The zero-order valence-corrected chi connectivity index (χ0v) is 13.8. The second-order valence-corrected chi connectivity index (χ2v) is 5.28. The number of hydrogen-bond donors (Lipinski definition) is 1. The van der Waals surface area contributed by atoms with Crippen LogP contribution in [0.4, 0.5) is 5.69 Å². The van der Waals surface area contributed by atoms with Crippen molar-refractivity contribution in [2.45, 2.75) is 26.2 Å². The van der Waals surface area contributed by atoms with Crippen molar-refractivity contribution in [2.24, 2.45) is 0 Å². The first-order chi connectivity index (χ1) is 11.1. The maximum absolute atomic E-state index is 12.0. The van der Waals surface area contributed by atoms with Gasteiger partial charge in [0.15, 0.2) is 11.5 Å². The van der Waals surface area contributed by atoms with E-state index in [2.05, 4.69) is 10.3 Å². The molecule has 0 saturated heterocycles. The summed E-state index contributed by atoms with van der Waals surface area (Å²) in [6.07, 6.45) is 3.73. The number of nitrogens with one attached hydrogen (secondary N) is 1. The molecule has 5 nitrogen and oxygen atoms in total. The Morgan fingerprint density at radius 2 is 1.91 bits per heavy atom. The summed E-state index contributed by atoms with van der Waals surface area (Å²) in [5, 5.41) is 2.89. The van der Waals surface area contributed by atoms with Crippen molar-refractivity contribution in [3.05, 3.63) is 47.8 Å². The number of pyridine rings is 1. The minimum Gasteiger partial charge on any atom is -0.493 e. The van der Waals surface area contributed by atoms with Crippen LogP contribution < -0.4 is 14.8 Å². The highest BCUT2D eigenvalue weighted by atomic mass is 16.5. The van der Waals surface area contributed by atoms with E-state index in [9.17, 15) is 4.79 Å². The molecule has 0 atom stereocenters. The Kier molecular flexibility index (Phi) is 5.97. The summed E-state index contributed by atoms with van der Waals surface area (Å²) < 4.78 is 10.5. The smallest absolute Gasteiger partial charge is 0.224 e. The number of hydrogen-bond acceptors (Lipinski definition) is 4. The van der Waals surface area contributed by atoms with Crippen LogP contribution in [0.2, 0.25) is 0 Å². The number of amides is 1. The molecule has 2 rings (SSSR count). The fourth-order valence-corrected chi connectivity index (χ4v) is 2.34. The van der Waals surface area contributed by atoms with Crippen LogP contribution in [-0.4, -0.2) is 25.1 Å². The summed E-state index contributed by atoms with van der Waals surface area (Å²) in [5.74, 6) is 1.43. The van der Waals surface area contributed by atoms with Gasteiger partial charge in [0.25, 0.3) is 0 Å². The number of aromatic nitrogens is 1. The van der Waals surface area contributed by atoms with Crippen LogP contribution in [0.1, 0.15) is 24.1 Å². The van der Waals surface area contributed by atoms with Crippen molar-refractivity contribution in [2.75, 3.05) is 19.5 Å². The third-order valence-corrected chi connectivity index (χ3v) is 3.50. The molecule has 1 amide bonds. The van der Waals surface area contributed by atoms with Crippen LogP contribution in [0.5, 0.6) is 11.5 Å². The molecule has 0 saturated carbocycles. The lowest BCUT2D eigenvalue weighted by atomic mass is 10.1. The van der Waals surface area contributed by atoms with Gasteiger partial charge in [-0.15, -0.1) is 0 Å². The molecular formula is C18H22N2O3. The molecule has 0 radical (unpaired) electrons. The van der Waals surface area contributed by atoms with Crippen molar-refractivity contribution in [1.29, 1.82) is 0 Å². The molecule has 0 fully saturated rings. The molecule has 1 aromatic heterocycles. The third kappa shape index (κ3) is 4.98. The second-order valence-electron chi connectivity index (χ2n) is 5.28. The van der Waals surface area contributed by atoms with E-state index in [0.29, 0.717) is 17.9 Å². The fraction of sp³-hybridized carbons (Fsp3) is 0.333. The van der Waals surface area contributed by atoms with Crippen molar-refractivity contribution >= 4 is 11.6 Å². The first-order valence-corrected chi connectivity index (χ1v) is 7.56. The highest BCUT2D eigenvalue weighted by Gasteiger charge is 2.06. The summed E-state index contributed by atoms with van der Waals surface area (Å²) in [6.45, 7) is 1.90. The summed E-state index contributed by atoms with van der Waals surface area (Å²) in [6, 6.07) is 9.47. The van der Waals surface area contributed by atoms with Crippen LogP contribution in [0.15, 0.2) is 36.5 Å². The number of carbonyl (C=O) groups is 1. The Balaban J connectivity index is 1.83. The predicted octanol–water partition coefficient (Wildman–Crippen LogP) is 3.37. The highest BCUT2D eigenvalue weighted by molar-refractivity contribution is 5.90. The van der Waals surface area contributed by atoms with Gasteiger partial charge in [0.2, 0.25) is 5.91 Å². The van der Waals surface area contributed by atoms with E-state index >= 15 is 0 Å². The number of methoxy groups -OCH3 is 2. The summed E-state index contributed by atoms with van der Waals surface area (Å²) in [7, 11) is 3.23. The number of ether oxygens (including phenoxy) is 2. The molecule has 0 aliphatic heterocycles. The number of nitrogens with zero attached hydrogens (tertiary/aromatic N) is 1. The van der Waals surface area contributed by atoms with E-state index < -0.39 is 0 Å². The topological polar surface area (TPSA) is 60.5 Å². The standard InChI is InChI=1S/C18H22N2O3/c1-13-11-15(9-10-19-13)20-18(21)6-4-5-14-7-8-16(22-2)17(12-14)23-3/h7-12H,4-6H2,1-3H3,(H,19,20,21). The molecular weight excluding hydrogens is 292 g/mol. The molecule has 0 aliphatic carbocycles. The average molecular weight is 314 g/mol. The third-order valence-electron chi connectivity index (χ3n) is 3.50. The second kappa shape index (κ2) is 8.17.